The highest BCUT2D eigenvalue weighted by Crippen LogP contribution is 2.23. The van der Waals surface area contributed by atoms with Gasteiger partial charge in [0, 0.05) is 10.8 Å². The van der Waals surface area contributed by atoms with Crippen molar-refractivity contribution in [3.8, 4) is 0 Å². The number of benzene rings is 1. The molecule has 5 nitrogen and oxygen atoms in total. The van der Waals surface area contributed by atoms with Crippen LogP contribution in [0.5, 0.6) is 0 Å². The normalized spacial score (nSPS) is 30.9. The second-order valence-electron chi connectivity index (χ2n) is 4.33. The van der Waals surface area contributed by atoms with Crippen LogP contribution in [0.3, 0.4) is 0 Å². The van der Waals surface area contributed by atoms with Crippen molar-refractivity contribution in [2.24, 2.45) is 0 Å². The molecule has 0 amide bonds. The molecule has 0 radical (unpaired) electrons. The topological polar surface area (TPSA) is 76.0 Å². The van der Waals surface area contributed by atoms with Crippen molar-refractivity contribution in [2.75, 3.05) is 4.43 Å². The Kier molecular flexibility index (Phi) is 5.14. The van der Waals surface area contributed by atoms with Gasteiger partial charge in [-0.25, -0.2) is 4.79 Å². The summed E-state index contributed by atoms with van der Waals surface area (Å²) >= 11 is 2.07. The minimum absolute atomic E-state index is 0.174. The smallest absolute Gasteiger partial charge is 0.338 e. The number of rotatable bonds is 3. The molecule has 0 aliphatic carbocycles. The van der Waals surface area contributed by atoms with Crippen molar-refractivity contribution in [2.45, 2.75) is 31.0 Å². The molecule has 4 atom stereocenters. The van der Waals surface area contributed by atoms with E-state index in [-0.39, 0.29) is 6.42 Å². The molecule has 1 heterocycles. The summed E-state index contributed by atoms with van der Waals surface area (Å²) in [5, 5.41) is 19.6. The molecule has 1 aliphatic rings. The zero-order valence-electron chi connectivity index (χ0n) is 10.1. The summed E-state index contributed by atoms with van der Waals surface area (Å²) in [6.07, 6.45) is -3.04. The van der Waals surface area contributed by atoms with E-state index in [9.17, 15) is 15.0 Å². The molecule has 19 heavy (non-hydrogen) atoms. The van der Waals surface area contributed by atoms with E-state index in [1.165, 1.54) is 0 Å². The van der Waals surface area contributed by atoms with E-state index in [0.717, 1.165) is 0 Å². The number of halogens is 1. The summed E-state index contributed by atoms with van der Waals surface area (Å²) in [5.41, 5.74) is 0.403. The van der Waals surface area contributed by atoms with Gasteiger partial charge in [0.1, 0.15) is 0 Å². The Bertz CT molecular complexity index is 424. The highest BCUT2D eigenvalue weighted by atomic mass is 127. The van der Waals surface area contributed by atoms with Crippen LogP contribution in [0.2, 0.25) is 0 Å². The van der Waals surface area contributed by atoms with Gasteiger partial charge in [0.05, 0.1) is 17.8 Å². The van der Waals surface area contributed by atoms with E-state index in [4.69, 9.17) is 9.47 Å². The van der Waals surface area contributed by atoms with E-state index in [0.29, 0.717) is 9.99 Å². The van der Waals surface area contributed by atoms with Gasteiger partial charge in [0.15, 0.2) is 12.4 Å². The van der Waals surface area contributed by atoms with Gasteiger partial charge in [-0.05, 0) is 12.1 Å². The minimum atomic E-state index is -1.20. The molecule has 6 heteroatoms. The zero-order chi connectivity index (χ0) is 13.8. The number of aliphatic hydroxyl groups excluding tert-OH is 2. The average molecular weight is 378 g/mol. The Balaban J connectivity index is 1.98. The molecule has 1 aromatic rings. The highest BCUT2D eigenvalue weighted by molar-refractivity contribution is 14.1. The van der Waals surface area contributed by atoms with E-state index in [1.807, 2.05) is 0 Å². The highest BCUT2D eigenvalue weighted by Gasteiger charge is 2.38. The number of esters is 1. The van der Waals surface area contributed by atoms with Crippen LogP contribution in [0.1, 0.15) is 16.8 Å². The van der Waals surface area contributed by atoms with Crippen LogP contribution >= 0.6 is 22.6 Å². The standard InChI is InChI=1S/C13H15IO5/c14-7-11-9(15)6-10(13(17)19-11)18-12(16)8-4-2-1-3-5-8/h1-5,9-11,13,15,17H,6-7H2/t9-,10+,11+,13-/m0/s1. The second kappa shape index (κ2) is 6.65. The predicted octanol–water partition coefficient (Wildman–Crippen LogP) is 1.12. The van der Waals surface area contributed by atoms with Gasteiger partial charge >= 0.3 is 5.97 Å². The molecule has 0 aromatic heterocycles. The van der Waals surface area contributed by atoms with Gasteiger partial charge < -0.3 is 19.7 Å². The van der Waals surface area contributed by atoms with Crippen molar-refractivity contribution < 1.29 is 24.5 Å². The van der Waals surface area contributed by atoms with Crippen LogP contribution in [0, 0.1) is 0 Å². The molecule has 1 saturated heterocycles. The Morgan fingerprint density at radius 1 is 1.37 bits per heavy atom. The summed E-state index contributed by atoms with van der Waals surface area (Å²) in [6.45, 7) is 0. The summed E-state index contributed by atoms with van der Waals surface area (Å²) in [7, 11) is 0. The lowest BCUT2D eigenvalue weighted by molar-refractivity contribution is -0.238. The van der Waals surface area contributed by atoms with Crippen LogP contribution in [0.15, 0.2) is 30.3 Å². The summed E-state index contributed by atoms with van der Waals surface area (Å²) < 4.78 is 11.0. The molecule has 104 valence electrons. The molecular formula is C13H15IO5. The van der Waals surface area contributed by atoms with E-state index in [1.54, 1.807) is 30.3 Å². The lowest BCUT2D eigenvalue weighted by atomic mass is 10.0. The van der Waals surface area contributed by atoms with E-state index >= 15 is 0 Å². The molecule has 1 aliphatic heterocycles. The third kappa shape index (κ3) is 3.65. The van der Waals surface area contributed by atoms with Crippen molar-refractivity contribution >= 4 is 28.6 Å². The Hall–Kier alpha value is -0.700. The van der Waals surface area contributed by atoms with Crippen LogP contribution in [-0.4, -0.2) is 45.2 Å². The van der Waals surface area contributed by atoms with Crippen molar-refractivity contribution in [1.82, 2.24) is 0 Å². The number of hydrogen-bond acceptors (Lipinski definition) is 5. The van der Waals surface area contributed by atoms with Gasteiger partial charge in [-0.3, -0.25) is 0 Å². The Morgan fingerprint density at radius 3 is 2.68 bits per heavy atom. The maximum absolute atomic E-state index is 11.8. The SMILES string of the molecule is O=C(O[C@@H]1C[C@H](O)[C@@H](CI)O[C@@H]1O)c1ccccc1. The predicted molar refractivity (Wildman–Crippen MR) is 76.0 cm³/mol. The third-order valence-corrected chi connectivity index (χ3v) is 3.82. The lowest BCUT2D eigenvalue weighted by Crippen LogP contribution is -2.49. The maximum atomic E-state index is 11.8. The summed E-state index contributed by atoms with van der Waals surface area (Å²) in [4.78, 5) is 11.8. The van der Waals surface area contributed by atoms with Gasteiger partial charge in [-0.2, -0.15) is 0 Å². The van der Waals surface area contributed by atoms with E-state index < -0.39 is 30.6 Å². The second-order valence-corrected chi connectivity index (χ2v) is 5.21. The quantitative estimate of drug-likeness (QED) is 0.469. The number of carbonyl (C=O) groups excluding carboxylic acids is 1. The maximum Gasteiger partial charge on any atom is 0.338 e. The van der Waals surface area contributed by atoms with Crippen molar-refractivity contribution in [1.29, 1.82) is 0 Å². The Labute approximate surface area is 124 Å². The largest absolute Gasteiger partial charge is 0.453 e. The number of ether oxygens (including phenoxy) is 2. The fourth-order valence-electron chi connectivity index (χ4n) is 1.89. The molecule has 0 bridgehead atoms. The fraction of sp³-hybridized carbons (Fsp3) is 0.462. The molecule has 0 saturated carbocycles. The Morgan fingerprint density at radius 2 is 2.05 bits per heavy atom. The first-order chi connectivity index (χ1) is 9.11. The first-order valence-corrected chi connectivity index (χ1v) is 7.48. The number of aliphatic hydroxyl groups is 2. The average Bonchev–Trinajstić information content (AvgIpc) is 2.43. The third-order valence-electron chi connectivity index (χ3n) is 2.96. The van der Waals surface area contributed by atoms with Crippen molar-refractivity contribution in [3.05, 3.63) is 35.9 Å². The fourth-order valence-corrected chi connectivity index (χ4v) is 2.68. The van der Waals surface area contributed by atoms with Gasteiger partial charge in [-0.15, -0.1) is 0 Å². The van der Waals surface area contributed by atoms with E-state index in [2.05, 4.69) is 22.6 Å². The number of carbonyl (C=O) groups is 1. The number of hydrogen-bond donors (Lipinski definition) is 2. The molecule has 0 spiro atoms. The van der Waals surface area contributed by atoms with Crippen molar-refractivity contribution in [3.63, 3.8) is 0 Å². The molecule has 2 N–H and O–H groups in total. The van der Waals surface area contributed by atoms with Crippen LogP contribution in [0.25, 0.3) is 0 Å². The summed E-state index contributed by atoms with van der Waals surface area (Å²) in [6, 6.07) is 8.51. The first-order valence-electron chi connectivity index (χ1n) is 5.95. The zero-order valence-corrected chi connectivity index (χ0v) is 12.3. The lowest BCUT2D eigenvalue weighted by Gasteiger charge is -2.35. The van der Waals surface area contributed by atoms with Gasteiger partial charge in [-0.1, -0.05) is 40.8 Å². The minimum Gasteiger partial charge on any atom is -0.453 e. The summed E-state index contributed by atoms with van der Waals surface area (Å²) in [5.74, 6) is -0.534. The molecule has 1 aromatic carbocycles. The number of alkyl halides is 1. The van der Waals surface area contributed by atoms with Gasteiger partial charge in [0.25, 0.3) is 0 Å². The molecule has 1 fully saturated rings. The monoisotopic (exact) mass is 378 g/mol. The molecule has 0 unspecified atom stereocenters. The molecular weight excluding hydrogens is 363 g/mol. The van der Waals surface area contributed by atoms with Gasteiger partial charge in [0.2, 0.25) is 0 Å². The first kappa shape index (κ1) is 14.7. The van der Waals surface area contributed by atoms with Crippen LogP contribution in [-0.2, 0) is 9.47 Å². The molecule has 2 rings (SSSR count). The van der Waals surface area contributed by atoms with Crippen LogP contribution < -0.4 is 0 Å². The van der Waals surface area contributed by atoms with Crippen LogP contribution in [0.4, 0.5) is 0 Å².